The van der Waals surface area contributed by atoms with Gasteiger partial charge < -0.3 is 10.6 Å². The molecule has 1 aliphatic heterocycles. The van der Waals surface area contributed by atoms with Crippen molar-refractivity contribution in [2.24, 2.45) is 0 Å². The van der Waals surface area contributed by atoms with E-state index in [0.29, 0.717) is 18.7 Å². The van der Waals surface area contributed by atoms with Crippen LogP contribution in [0.2, 0.25) is 0 Å². The fraction of sp³-hybridized carbons (Fsp3) is 0.316. The van der Waals surface area contributed by atoms with Gasteiger partial charge in [-0.25, -0.2) is 13.1 Å². The Balaban J connectivity index is 1.64. The van der Waals surface area contributed by atoms with Gasteiger partial charge in [-0.1, -0.05) is 31.2 Å². The van der Waals surface area contributed by atoms with E-state index in [2.05, 4.69) is 27.5 Å². The Hall–Kier alpha value is -2.22. The van der Waals surface area contributed by atoms with Crippen molar-refractivity contribution in [3.05, 3.63) is 65.2 Å². The highest BCUT2D eigenvalue weighted by molar-refractivity contribution is 7.89. The summed E-state index contributed by atoms with van der Waals surface area (Å²) in [6.45, 7) is 3.40. The molecule has 2 aromatic rings. The van der Waals surface area contributed by atoms with Crippen molar-refractivity contribution in [1.82, 2.24) is 15.4 Å². The Morgan fingerprint density at radius 1 is 1.15 bits per heavy atom. The van der Waals surface area contributed by atoms with E-state index in [1.807, 2.05) is 12.1 Å². The fourth-order valence-corrected chi connectivity index (χ4v) is 4.17. The van der Waals surface area contributed by atoms with Crippen molar-refractivity contribution in [3.63, 3.8) is 0 Å². The Kier molecular flexibility index (Phi) is 5.70. The molecular weight excluding hydrogens is 350 g/mol. The normalized spacial score (nSPS) is 16.7. The van der Waals surface area contributed by atoms with E-state index in [1.165, 1.54) is 35.4 Å². The number of nitrogens with one attached hydrogen (secondary N) is 3. The maximum absolute atomic E-state index is 12.4. The van der Waals surface area contributed by atoms with E-state index < -0.39 is 10.0 Å². The zero-order valence-electron chi connectivity index (χ0n) is 14.7. The summed E-state index contributed by atoms with van der Waals surface area (Å²) >= 11 is 0. The summed E-state index contributed by atoms with van der Waals surface area (Å²) in [5.74, 6) is -0.220. The Bertz CT molecular complexity index is 879. The SMILES string of the molecule is CCNS(=O)(=O)c1ccc(C(=O)NCC2NCCc3ccccc32)cc1. The predicted molar refractivity (Wildman–Crippen MR) is 101 cm³/mol. The van der Waals surface area contributed by atoms with Crippen molar-refractivity contribution in [2.75, 3.05) is 19.6 Å². The van der Waals surface area contributed by atoms with E-state index in [9.17, 15) is 13.2 Å². The quantitative estimate of drug-likeness (QED) is 0.718. The number of amides is 1. The van der Waals surface area contributed by atoms with E-state index >= 15 is 0 Å². The minimum absolute atomic E-state index is 0.0808. The lowest BCUT2D eigenvalue weighted by Gasteiger charge is -2.27. The largest absolute Gasteiger partial charge is 0.350 e. The van der Waals surface area contributed by atoms with Crippen LogP contribution in [0.4, 0.5) is 0 Å². The summed E-state index contributed by atoms with van der Waals surface area (Å²) in [5, 5.41) is 6.35. The first-order chi connectivity index (χ1) is 12.5. The average Bonchev–Trinajstić information content (AvgIpc) is 2.66. The second-order valence-corrected chi connectivity index (χ2v) is 7.96. The summed E-state index contributed by atoms with van der Waals surface area (Å²) in [6.07, 6.45) is 0.988. The molecule has 1 unspecified atom stereocenters. The number of hydrogen-bond acceptors (Lipinski definition) is 4. The predicted octanol–water partition coefficient (Wildman–Crippen LogP) is 1.60. The maximum atomic E-state index is 12.4. The molecule has 1 atom stereocenters. The number of rotatable bonds is 6. The molecular formula is C19H23N3O3S. The lowest BCUT2D eigenvalue weighted by molar-refractivity contribution is 0.0949. The molecule has 0 saturated heterocycles. The third-order valence-electron chi connectivity index (χ3n) is 4.44. The summed E-state index contributed by atoms with van der Waals surface area (Å²) in [5.41, 5.74) is 2.96. The van der Waals surface area contributed by atoms with Crippen LogP contribution in [0.15, 0.2) is 53.4 Å². The van der Waals surface area contributed by atoms with Gasteiger partial charge in [0.2, 0.25) is 10.0 Å². The highest BCUT2D eigenvalue weighted by atomic mass is 32.2. The summed E-state index contributed by atoms with van der Waals surface area (Å²) in [6, 6.07) is 14.3. The number of sulfonamides is 1. The first-order valence-corrected chi connectivity index (χ1v) is 10.2. The second-order valence-electron chi connectivity index (χ2n) is 6.19. The topological polar surface area (TPSA) is 87.3 Å². The number of benzene rings is 2. The zero-order valence-corrected chi connectivity index (χ0v) is 15.5. The Morgan fingerprint density at radius 2 is 1.88 bits per heavy atom. The third-order valence-corrected chi connectivity index (χ3v) is 6.00. The Labute approximate surface area is 154 Å². The molecule has 0 saturated carbocycles. The highest BCUT2D eigenvalue weighted by Gasteiger charge is 2.20. The minimum Gasteiger partial charge on any atom is -0.350 e. The molecule has 0 spiro atoms. The van der Waals surface area contributed by atoms with Crippen LogP contribution in [0.5, 0.6) is 0 Å². The van der Waals surface area contributed by atoms with Gasteiger partial charge in [-0.3, -0.25) is 4.79 Å². The van der Waals surface area contributed by atoms with Crippen molar-refractivity contribution in [2.45, 2.75) is 24.3 Å². The minimum atomic E-state index is -3.51. The van der Waals surface area contributed by atoms with Crippen LogP contribution in [0.25, 0.3) is 0 Å². The van der Waals surface area contributed by atoms with Crippen LogP contribution in [0, 0.1) is 0 Å². The van der Waals surface area contributed by atoms with E-state index in [0.717, 1.165) is 13.0 Å². The van der Waals surface area contributed by atoms with Gasteiger partial charge in [-0.2, -0.15) is 0 Å². The molecule has 0 aromatic heterocycles. The summed E-state index contributed by atoms with van der Waals surface area (Å²) < 4.78 is 26.3. The Morgan fingerprint density at radius 3 is 2.62 bits per heavy atom. The standard InChI is InChI=1S/C19H23N3O3S/c1-2-22-26(24,25)16-9-7-15(8-10-16)19(23)21-13-18-17-6-4-3-5-14(17)11-12-20-18/h3-10,18,20,22H,2,11-13H2,1H3,(H,21,23). The van der Waals surface area contributed by atoms with Crippen LogP contribution in [-0.2, 0) is 16.4 Å². The van der Waals surface area contributed by atoms with E-state index in [1.54, 1.807) is 6.92 Å². The number of carbonyl (C=O) groups is 1. The molecule has 1 aliphatic rings. The molecule has 7 heteroatoms. The number of carbonyl (C=O) groups excluding carboxylic acids is 1. The van der Waals surface area contributed by atoms with Crippen LogP contribution in [0.3, 0.4) is 0 Å². The number of hydrogen-bond donors (Lipinski definition) is 3. The fourth-order valence-electron chi connectivity index (χ4n) is 3.13. The molecule has 1 heterocycles. The molecule has 138 valence electrons. The first kappa shape index (κ1) is 18.6. The van der Waals surface area contributed by atoms with Gasteiger partial charge in [0.1, 0.15) is 0 Å². The van der Waals surface area contributed by atoms with Gasteiger partial charge >= 0.3 is 0 Å². The van der Waals surface area contributed by atoms with Gasteiger partial charge in [-0.05, 0) is 48.4 Å². The molecule has 0 bridgehead atoms. The van der Waals surface area contributed by atoms with Crippen molar-refractivity contribution < 1.29 is 13.2 Å². The van der Waals surface area contributed by atoms with Crippen LogP contribution < -0.4 is 15.4 Å². The second kappa shape index (κ2) is 7.99. The molecule has 0 radical (unpaired) electrons. The summed E-state index contributed by atoms with van der Waals surface area (Å²) in [7, 11) is -3.51. The van der Waals surface area contributed by atoms with Gasteiger partial charge in [-0.15, -0.1) is 0 Å². The molecule has 6 nitrogen and oxygen atoms in total. The van der Waals surface area contributed by atoms with Gasteiger partial charge in [0.25, 0.3) is 5.91 Å². The van der Waals surface area contributed by atoms with Crippen LogP contribution in [-0.4, -0.2) is 34.0 Å². The third kappa shape index (κ3) is 4.12. The molecule has 1 amide bonds. The first-order valence-electron chi connectivity index (χ1n) is 8.70. The van der Waals surface area contributed by atoms with Gasteiger partial charge in [0.05, 0.1) is 4.90 Å². The molecule has 3 rings (SSSR count). The van der Waals surface area contributed by atoms with E-state index in [-0.39, 0.29) is 16.8 Å². The lowest BCUT2D eigenvalue weighted by atomic mass is 9.94. The molecule has 0 fully saturated rings. The van der Waals surface area contributed by atoms with Crippen LogP contribution in [0.1, 0.15) is 34.5 Å². The maximum Gasteiger partial charge on any atom is 0.251 e. The zero-order chi connectivity index (χ0) is 18.6. The molecule has 3 N–H and O–H groups in total. The van der Waals surface area contributed by atoms with Crippen molar-refractivity contribution >= 4 is 15.9 Å². The van der Waals surface area contributed by atoms with E-state index in [4.69, 9.17) is 0 Å². The van der Waals surface area contributed by atoms with Gasteiger partial charge in [0.15, 0.2) is 0 Å². The smallest absolute Gasteiger partial charge is 0.251 e. The van der Waals surface area contributed by atoms with Crippen LogP contribution >= 0.6 is 0 Å². The van der Waals surface area contributed by atoms with Crippen molar-refractivity contribution in [3.8, 4) is 0 Å². The monoisotopic (exact) mass is 373 g/mol. The molecule has 0 aliphatic carbocycles. The van der Waals surface area contributed by atoms with Gasteiger partial charge in [0, 0.05) is 24.7 Å². The van der Waals surface area contributed by atoms with Crippen molar-refractivity contribution in [1.29, 1.82) is 0 Å². The molecule has 26 heavy (non-hydrogen) atoms. The molecule has 2 aromatic carbocycles. The average molecular weight is 373 g/mol. The lowest BCUT2D eigenvalue weighted by Crippen LogP contribution is -2.38. The highest BCUT2D eigenvalue weighted by Crippen LogP contribution is 2.22. The summed E-state index contributed by atoms with van der Waals surface area (Å²) in [4.78, 5) is 12.5. The number of fused-ring (bicyclic) bond motifs is 1.